The van der Waals surface area contributed by atoms with Gasteiger partial charge in [0.1, 0.15) is 28.8 Å². The van der Waals surface area contributed by atoms with E-state index in [1.807, 2.05) is 0 Å². The molecule has 1 aromatic heterocycles. The highest BCUT2D eigenvalue weighted by Crippen LogP contribution is 2.30. The standard InChI is InChI=1S/C26H21FN4O6/c1-35-13-12-26(23(32)29-25(34)30-24(26)33)37-18-8-6-17(7-9-18)36-19-10-11-21-16(14-19)15-28-31(21)22-5-3-2-4-20(22)27/h2-11,14-15H,12-13H2,1H3,(H2,29,30,32,33,34). The number of hydrogen-bond donors (Lipinski definition) is 2. The van der Waals surface area contributed by atoms with Gasteiger partial charge in [0.15, 0.2) is 0 Å². The summed E-state index contributed by atoms with van der Waals surface area (Å²) >= 11 is 0. The average Bonchev–Trinajstić information content (AvgIpc) is 3.30. The number of barbiturate groups is 1. The van der Waals surface area contributed by atoms with E-state index < -0.39 is 23.4 Å². The van der Waals surface area contributed by atoms with Crippen LogP contribution in [0.5, 0.6) is 17.2 Å². The van der Waals surface area contributed by atoms with E-state index in [1.54, 1.807) is 54.7 Å². The van der Waals surface area contributed by atoms with Gasteiger partial charge in [-0.15, -0.1) is 0 Å². The molecule has 11 heteroatoms. The Morgan fingerprint density at radius 3 is 2.30 bits per heavy atom. The number of imide groups is 2. The summed E-state index contributed by atoms with van der Waals surface area (Å²) in [5.41, 5.74) is -0.907. The lowest BCUT2D eigenvalue weighted by Crippen LogP contribution is -2.69. The second-order valence-electron chi connectivity index (χ2n) is 8.21. The fraction of sp³-hybridized carbons (Fsp3) is 0.154. The molecule has 0 unspecified atom stereocenters. The van der Waals surface area contributed by atoms with E-state index in [2.05, 4.69) is 15.7 Å². The van der Waals surface area contributed by atoms with E-state index in [1.165, 1.54) is 30.0 Å². The second kappa shape index (κ2) is 9.70. The molecule has 4 amide bonds. The van der Waals surface area contributed by atoms with Gasteiger partial charge >= 0.3 is 6.03 Å². The average molecular weight is 504 g/mol. The van der Waals surface area contributed by atoms with Crippen LogP contribution in [-0.2, 0) is 14.3 Å². The molecule has 2 N–H and O–H groups in total. The monoisotopic (exact) mass is 504 g/mol. The molecule has 1 saturated heterocycles. The number of amides is 4. The summed E-state index contributed by atoms with van der Waals surface area (Å²) in [6, 6.07) is 17.0. The fourth-order valence-corrected chi connectivity index (χ4v) is 3.96. The Hall–Kier alpha value is -4.77. The van der Waals surface area contributed by atoms with E-state index >= 15 is 0 Å². The number of carbonyl (C=O) groups excluding carboxylic acids is 3. The number of ether oxygens (including phenoxy) is 3. The Morgan fingerprint density at radius 2 is 1.59 bits per heavy atom. The molecule has 10 nitrogen and oxygen atoms in total. The molecule has 0 aliphatic carbocycles. The summed E-state index contributed by atoms with van der Waals surface area (Å²) in [5, 5.41) is 9.17. The molecule has 0 bridgehead atoms. The van der Waals surface area contributed by atoms with Crippen LogP contribution in [0, 0.1) is 5.82 Å². The molecule has 5 rings (SSSR count). The molecular formula is C26H21FN4O6. The predicted octanol–water partition coefficient (Wildman–Crippen LogP) is 3.48. The number of benzene rings is 3. The van der Waals surface area contributed by atoms with Gasteiger partial charge in [-0.05, 0) is 54.6 Å². The Balaban J connectivity index is 1.34. The third-order valence-corrected chi connectivity index (χ3v) is 5.82. The first-order chi connectivity index (χ1) is 17.9. The largest absolute Gasteiger partial charge is 0.467 e. The van der Waals surface area contributed by atoms with Gasteiger partial charge < -0.3 is 14.2 Å². The lowest BCUT2D eigenvalue weighted by molar-refractivity contribution is -0.153. The maximum Gasteiger partial charge on any atom is 0.328 e. The summed E-state index contributed by atoms with van der Waals surface area (Å²) < 4.78 is 32.4. The number of rotatable bonds is 8. The third kappa shape index (κ3) is 4.59. The van der Waals surface area contributed by atoms with Crippen LogP contribution in [0.15, 0.2) is 72.9 Å². The number of nitrogens with one attached hydrogen (secondary N) is 2. The molecule has 2 heterocycles. The minimum atomic E-state index is -1.96. The van der Waals surface area contributed by atoms with Crippen molar-refractivity contribution in [1.29, 1.82) is 0 Å². The maximum absolute atomic E-state index is 14.2. The lowest BCUT2D eigenvalue weighted by atomic mass is 9.95. The fourth-order valence-electron chi connectivity index (χ4n) is 3.96. The van der Waals surface area contributed by atoms with Gasteiger partial charge in [-0.25, -0.2) is 13.9 Å². The first-order valence-electron chi connectivity index (χ1n) is 11.2. The highest BCUT2D eigenvalue weighted by Gasteiger charge is 2.52. The van der Waals surface area contributed by atoms with Gasteiger partial charge in [0.2, 0.25) is 0 Å². The highest BCUT2D eigenvalue weighted by atomic mass is 19.1. The molecule has 1 aliphatic heterocycles. The van der Waals surface area contributed by atoms with Crippen molar-refractivity contribution >= 4 is 28.7 Å². The summed E-state index contributed by atoms with van der Waals surface area (Å²) in [7, 11) is 1.42. The summed E-state index contributed by atoms with van der Waals surface area (Å²) in [4.78, 5) is 36.6. The van der Waals surface area contributed by atoms with Crippen LogP contribution in [0.25, 0.3) is 16.6 Å². The molecule has 0 spiro atoms. The van der Waals surface area contributed by atoms with E-state index in [9.17, 15) is 18.8 Å². The molecule has 3 aromatic carbocycles. The van der Waals surface area contributed by atoms with E-state index in [-0.39, 0.29) is 24.6 Å². The van der Waals surface area contributed by atoms with Gasteiger partial charge in [-0.2, -0.15) is 5.10 Å². The van der Waals surface area contributed by atoms with Crippen molar-refractivity contribution in [3.8, 4) is 22.9 Å². The number of carbonyl (C=O) groups is 3. The summed E-state index contributed by atoms with van der Waals surface area (Å²) in [6.45, 7) is 0.0478. The zero-order chi connectivity index (χ0) is 26.0. The Bertz CT molecular complexity index is 1480. The minimum absolute atomic E-state index is 0.0478. The number of fused-ring (bicyclic) bond motifs is 1. The molecule has 37 heavy (non-hydrogen) atoms. The number of aromatic nitrogens is 2. The van der Waals surface area contributed by atoms with Gasteiger partial charge in [0.25, 0.3) is 17.4 Å². The molecule has 0 atom stereocenters. The normalized spacial score (nSPS) is 14.8. The van der Waals surface area contributed by atoms with Crippen molar-refractivity contribution in [1.82, 2.24) is 20.4 Å². The smallest absolute Gasteiger partial charge is 0.328 e. The SMILES string of the molecule is COCCC1(Oc2ccc(Oc3ccc4c(cnn4-c4ccccc4F)c3)cc2)C(=O)NC(=O)NC1=O. The number of para-hydroxylation sites is 1. The van der Waals surface area contributed by atoms with Crippen LogP contribution in [0.2, 0.25) is 0 Å². The predicted molar refractivity (Wildman–Crippen MR) is 129 cm³/mol. The lowest BCUT2D eigenvalue weighted by Gasteiger charge is -2.34. The number of nitrogens with zero attached hydrogens (tertiary/aromatic N) is 2. The summed E-state index contributed by atoms with van der Waals surface area (Å²) in [6.07, 6.45) is 1.52. The number of urea groups is 1. The first kappa shape index (κ1) is 23.9. The number of methoxy groups -OCH3 is 1. The van der Waals surface area contributed by atoms with Crippen LogP contribution in [0.3, 0.4) is 0 Å². The molecule has 0 saturated carbocycles. The Morgan fingerprint density at radius 1 is 0.919 bits per heavy atom. The number of halogens is 1. The van der Waals surface area contributed by atoms with Gasteiger partial charge in [-0.3, -0.25) is 20.2 Å². The van der Waals surface area contributed by atoms with Gasteiger partial charge in [0.05, 0.1) is 18.3 Å². The third-order valence-electron chi connectivity index (χ3n) is 5.82. The molecule has 1 aliphatic rings. The van der Waals surface area contributed by atoms with Crippen molar-refractivity contribution in [3.63, 3.8) is 0 Å². The van der Waals surface area contributed by atoms with Crippen LogP contribution in [-0.4, -0.2) is 46.9 Å². The zero-order valence-corrected chi connectivity index (χ0v) is 19.6. The summed E-state index contributed by atoms with van der Waals surface area (Å²) in [5.74, 6) is -0.924. The molecule has 188 valence electrons. The Labute approximate surface area is 209 Å². The van der Waals surface area contributed by atoms with Crippen molar-refractivity contribution in [2.24, 2.45) is 0 Å². The van der Waals surface area contributed by atoms with Crippen molar-refractivity contribution in [2.75, 3.05) is 13.7 Å². The molecule has 0 radical (unpaired) electrons. The van der Waals surface area contributed by atoms with Crippen molar-refractivity contribution in [3.05, 3.63) is 78.7 Å². The number of hydrogen-bond acceptors (Lipinski definition) is 7. The van der Waals surface area contributed by atoms with Crippen LogP contribution in [0.1, 0.15) is 6.42 Å². The van der Waals surface area contributed by atoms with Crippen LogP contribution >= 0.6 is 0 Å². The minimum Gasteiger partial charge on any atom is -0.467 e. The second-order valence-corrected chi connectivity index (χ2v) is 8.21. The van der Waals surface area contributed by atoms with Crippen molar-refractivity contribution < 1.29 is 33.0 Å². The topological polar surface area (TPSA) is 121 Å². The highest BCUT2D eigenvalue weighted by molar-refractivity contribution is 6.21. The first-order valence-corrected chi connectivity index (χ1v) is 11.2. The van der Waals surface area contributed by atoms with Crippen LogP contribution < -0.4 is 20.1 Å². The molecule has 4 aromatic rings. The van der Waals surface area contributed by atoms with Crippen LogP contribution in [0.4, 0.5) is 9.18 Å². The van der Waals surface area contributed by atoms with Crippen molar-refractivity contribution in [2.45, 2.75) is 12.0 Å². The van der Waals surface area contributed by atoms with E-state index in [0.29, 0.717) is 22.7 Å². The van der Waals surface area contributed by atoms with E-state index in [0.717, 1.165) is 5.39 Å². The maximum atomic E-state index is 14.2. The van der Waals surface area contributed by atoms with Gasteiger partial charge in [0, 0.05) is 18.9 Å². The van der Waals surface area contributed by atoms with Gasteiger partial charge in [-0.1, -0.05) is 12.1 Å². The zero-order valence-electron chi connectivity index (χ0n) is 19.6. The quantitative estimate of drug-likeness (QED) is 0.353. The molecular weight excluding hydrogens is 483 g/mol. The molecule has 1 fully saturated rings. The van der Waals surface area contributed by atoms with E-state index in [4.69, 9.17) is 14.2 Å². The Kier molecular flexibility index (Phi) is 6.28.